The fourth-order valence-electron chi connectivity index (χ4n) is 2.58. The summed E-state index contributed by atoms with van der Waals surface area (Å²) in [5.74, 6) is 0.166. The maximum Gasteiger partial charge on any atom is 0.387 e. The number of fused-ring (bicyclic) bond motifs is 1. The van der Waals surface area contributed by atoms with Crippen molar-refractivity contribution < 1.29 is 23.1 Å². The SMILES string of the molecule is COc1cc(/C=N/OCc2cccc3ccccc23)ccc1OC(F)F. The van der Waals surface area contributed by atoms with Gasteiger partial charge in [-0.2, -0.15) is 8.78 Å². The van der Waals surface area contributed by atoms with Gasteiger partial charge in [0.05, 0.1) is 13.3 Å². The number of methoxy groups -OCH3 is 1. The predicted octanol–water partition coefficient (Wildman–Crippen LogP) is 5.00. The molecule has 0 N–H and O–H groups in total. The van der Waals surface area contributed by atoms with E-state index >= 15 is 0 Å². The molecule has 4 nitrogen and oxygen atoms in total. The molecule has 0 radical (unpaired) electrons. The molecule has 0 fully saturated rings. The van der Waals surface area contributed by atoms with Gasteiger partial charge in [-0.05, 0) is 34.5 Å². The second-order valence-corrected chi connectivity index (χ2v) is 5.44. The molecule has 0 heterocycles. The van der Waals surface area contributed by atoms with Crippen LogP contribution in [-0.2, 0) is 11.4 Å². The highest BCUT2D eigenvalue weighted by molar-refractivity contribution is 5.85. The first-order chi connectivity index (χ1) is 12.7. The Morgan fingerprint density at radius 1 is 1.00 bits per heavy atom. The van der Waals surface area contributed by atoms with E-state index in [-0.39, 0.29) is 11.5 Å². The van der Waals surface area contributed by atoms with E-state index < -0.39 is 6.61 Å². The summed E-state index contributed by atoms with van der Waals surface area (Å²) in [4.78, 5) is 5.38. The number of benzene rings is 3. The molecule has 0 unspecified atom stereocenters. The van der Waals surface area contributed by atoms with Gasteiger partial charge in [0.2, 0.25) is 0 Å². The van der Waals surface area contributed by atoms with E-state index in [0.717, 1.165) is 16.3 Å². The molecule has 0 saturated heterocycles. The molecule has 0 aromatic heterocycles. The van der Waals surface area contributed by atoms with Crippen molar-refractivity contribution in [3.8, 4) is 11.5 Å². The fourth-order valence-corrected chi connectivity index (χ4v) is 2.58. The Morgan fingerprint density at radius 2 is 1.81 bits per heavy atom. The smallest absolute Gasteiger partial charge is 0.387 e. The van der Waals surface area contributed by atoms with Gasteiger partial charge in [0.25, 0.3) is 0 Å². The zero-order valence-electron chi connectivity index (χ0n) is 14.1. The average Bonchev–Trinajstić information content (AvgIpc) is 2.66. The zero-order valence-corrected chi connectivity index (χ0v) is 14.1. The van der Waals surface area contributed by atoms with E-state index in [4.69, 9.17) is 9.57 Å². The van der Waals surface area contributed by atoms with Crippen molar-refractivity contribution in [1.29, 1.82) is 0 Å². The first-order valence-electron chi connectivity index (χ1n) is 7.92. The molecule has 134 valence electrons. The van der Waals surface area contributed by atoms with Gasteiger partial charge in [-0.25, -0.2) is 0 Å². The summed E-state index contributed by atoms with van der Waals surface area (Å²) >= 11 is 0. The Kier molecular flexibility index (Phi) is 5.63. The summed E-state index contributed by atoms with van der Waals surface area (Å²) in [6, 6.07) is 18.6. The first kappa shape index (κ1) is 17.7. The van der Waals surface area contributed by atoms with Crippen molar-refractivity contribution in [2.24, 2.45) is 5.16 Å². The molecule has 0 aliphatic carbocycles. The molecule has 3 rings (SSSR count). The second kappa shape index (κ2) is 8.29. The normalized spacial score (nSPS) is 11.2. The van der Waals surface area contributed by atoms with Crippen molar-refractivity contribution in [2.45, 2.75) is 13.2 Å². The molecule has 0 atom stereocenters. The van der Waals surface area contributed by atoms with Crippen LogP contribution < -0.4 is 9.47 Å². The summed E-state index contributed by atoms with van der Waals surface area (Å²) in [5, 5.41) is 6.19. The van der Waals surface area contributed by atoms with Gasteiger partial charge >= 0.3 is 6.61 Å². The molecule has 0 saturated carbocycles. The number of ether oxygens (including phenoxy) is 2. The van der Waals surface area contributed by atoms with Crippen LogP contribution in [0.3, 0.4) is 0 Å². The number of alkyl halides is 2. The van der Waals surface area contributed by atoms with Gasteiger partial charge in [-0.15, -0.1) is 0 Å². The van der Waals surface area contributed by atoms with E-state index in [1.165, 1.54) is 19.4 Å². The number of hydrogen-bond donors (Lipinski definition) is 0. The largest absolute Gasteiger partial charge is 0.493 e. The minimum Gasteiger partial charge on any atom is -0.493 e. The van der Waals surface area contributed by atoms with Gasteiger partial charge in [-0.3, -0.25) is 0 Å². The van der Waals surface area contributed by atoms with Crippen molar-refractivity contribution in [3.63, 3.8) is 0 Å². The van der Waals surface area contributed by atoms with E-state index in [1.54, 1.807) is 12.1 Å². The van der Waals surface area contributed by atoms with Crippen LogP contribution in [0, 0.1) is 0 Å². The quantitative estimate of drug-likeness (QED) is 0.441. The van der Waals surface area contributed by atoms with Crippen molar-refractivity contribution in [1.82, 2.24) is 0 Å². The van der Waals surface area contributed by atoms with Crippen LogP contribution in [0.5, 0.6) is 11.5 Å². The summed E-state index contributed by atoms with van der Waals surface area (Å²) in [6.45, 7) is -2.59. The molecule has 3 aromatic rings. The maximum atomic E-state index is 12.3. The summed E-state index contributed by atoms with van der Waals surface area (Å²) in [5.41, 5.74) is 1.67. The number of oxime groups is 1. The molecule has 0 spiro atoms. The fraction of sp³-hybridized carbons (Fsp3) is 0.150. The third-order valence-corrected chi connectivity index (χ3v) is 3.78. The molecule has 6 heteroatoms. The standard InChI is InChI=1S/C20H17F2NO3/c1-24-19-11-14(9-10-18(19)26-20(21)22)12-23-25-13-16-7-4-6-15-5-2-3-8-17(15)16/h2-12,20H,13H2,1H3/b23-12+. The van der Waals surface area contributed by atoms with Crippen molar-refractivity contribution in [3.05, 3.63) is 71.8 Å². The van der Waals surface area contributed by atoms with Crippen molar-refractivity contribution in [2.75, 3.05) is 7.11 Å². The van der Waals surface area contributed by atoms with Crippen LogP contribution in [0.15, 0.2) is 65.8 Å². The molecular formula is C20H17F2NO3. The van der Waals surface area contributed by atoms with Gasteiger partial charge in [0, 0.05) is 5.56 Å². The molecule has 0 aliphatic rings. The molecule has 0 amide bonds. The topological polar surface area (TPSA) is 40.0 Å². The van der Waals surface area contributed by atoms with Gasteiger partial charge in [-0.1, -0.05) is 47.6 Å². The summed E-state index contributed by atoms with van der Waals surface area (Å²) < 4.78 is 34.1. The second-order valence-electron chi connectivity index (χ2n) is 5.44. The lowest BCUT2D eigenvalue weighted by Gasteiger charge is -2.10. The molecular weight excluding hydrogens is 340 g/mol. The monoisotopic (exact) mass is 357 g/mol. The lowest BCUT2D eigenvalue weighted by molar-refractivity contribution is -0.0512. The lowest BCUT2D eigenvalue weighted by Crippen LogP contribution is -2.03. The first-order valence-corrected chi connectivity index (χ1v) is 7.92. The number of rotatable bonds is 7. The Hall–Kier alpha value is -3.15. The highest BCUT2D eigenvalue weighted by atomic mass is 19.3. The Labute approximate surface area is 149 Å². The van der Waals surface area contributed by atoms with Crippen LogP contribution in [0.2, 0.25) is 0 Å². The van der Waals surface area contributed by atoms with E-state index in [9.17, 15) is 8.78 Å². The molecule has 0 aliphatic heterocycles. The Balaban J connectivity index is 1.67. The van der Waals surface area contributed by atoms with Gasteiger partial charge in [0.15, 0.2) is 11.5 Å². The maximum absolute atomic E-state index is 12.3. The third kappa shape index (κ3) is 4.27. The highest BCUT2D eigenvalue weighted by Gasteiger charge is 2.10. The Morgan fingerprint density at radius 3 is 2.62 bits per heavy atom. The van der Waals surface area contributed by atoms with Crippen LogP contribution in [0.1, 0.15) is 11.1 Å². The van der Waals surface area contributed by atoms with E-state index in [1.807, 2.05) is 42.5 Å². The zero-order chi connectivity index (χ0) is 18.4. The number of hydrogen-bond acceptors (Lipinski definition) is 4. The van der Waals surface area contributed by atoms with Gasteiger partial charge < -0.3 is 14.3 Å². The van der Waals surface area contributed by atoms with Crippen LogP contribution in [0.4, 0.5) is 8.78 Å². The average molecular weight is 357 g/mol. The summed E-state index contributed by atoms with van der Waals surface area (Å²) in [7, 11) is 1.38. The van der Waals surface area contributed by atoms with Gasteiger partial charge in [0.1, 0.15) is 6.61 Å². The van der Waals surface area contributed by atoms with Crippen LogP contribution in [-0.4, -0.2) is 19.9 Å². The minimum absolute atomic E-state index is 0.0312. The van der Waals surface area contributed by atoms with Crippen molar-refractivity contribution >= 4 is 17.0 Å². The van der Waals surface area contributed by atoms with Crippen LogP contribution in [0.25, 0.3) is 10.8 Å². The minimum atomic E-state index is -2.91. The lowest BCUT2D eigenvalue weighted by atomic mass is 10.1. The Bertz CT molecular complexity index is 907. The molecule has 0 bridgehead atoms. The third-order valence-electron chi connectivity index (χ3n) is 3.78. The predicted molar refractivity (Wildman–Crippen MR) is 96.0 cm³/mol. The number of halogens is 2. The summed E-state index contributed by atoms with van der Waals surface area (Å²) in [6.07, 6.45) is 1.49. The van der Waals surface area contributed by atoms with E-state index in [2.05, 4.69) is 9.89 Å². The highest BCUT2D eigenvalue weighted by Crippen LogP contribution is 2.29. The molecule has 3 aromatic carbocycles. The number of nitrogens with zero attached hydrogens (tertiary/aromatic N) is 1. The molecule has 26 heavy (non-hydrogen) atoms. The van der Waals surface area contributed by atoms with E-state index in [0.29, 0.717) is 12.2 Å². The van der Waals surface area contributed by atoms with Crippen LogP contribution >= 0.6 is 0 Å².